The van der Waals surface area contributed by atoms with Gasteiger partial charge in [0.2, 0.25) is 0 Å². The largest absolute Gasteiger partial charge is 0.496 e. The minimum absolute atomic E-state index is 0.0344. The Kier molecular flexibility index (Phi) is 7.72. The minimum Gasteiger partial charge on any atom is -0.496 e. The summed E-state index contributed by atoms with van der Waals surface area (Å²) in [7, 11) is 3.46. The molecule has 0 amide bonds. The van der Waals surface area contributed by atoms with Gasteiger partial charge in [-0.1, -0.05) is 19.9 Å². The zero-order valence-corrected chi connectivity index (χ0v) is 14.1. The molecule has 0 saturated carbocycles. The highest BCUT2D eigenvalue weighted by Gasteiger charge is 2.13. The number of nitrogens with two attached hydrogens (primary N) is 1. The van der Waals surface area contributed by atoms with Gasteiger partial charge in [0, 0.05) is 38.3 Å². The van der Waals surface area contributed by atoms with E-state index < -0.39 is 0 Å². The molecule has 120 valence electrons. The highest BCUT2D eigenvalue weighted by molar-refractivity contribution is 5.38. The van der Waals surface area contributed by atoms with Crippen molar-refractivity contribution in [1.82, 2.24) is 4.90 Å². The molecule has 0 aromatic heterocycles. The van der Waals surface area contributed by atoms with Gasteiger partial charge in [-0.15, -0.1) is 0 Å². The van der Waals surface area contributed by atoms with Gasteiger partial charge < -0.3 is 15.2 Å². The van der Waals surface area contributed by atoms with E-state index in [1.807, 2.05) is 19.1 Å². The Balaban J connectivity index is 2.91. The molecular formula is C17H30N2O2. The molecule has 1 unspecified atom stereocenters. The van der Waals surface area contributed by atoms with E-state index in [0.29, 0.717) is 5.92 Å². The fourth-order valence-electron chi connectivity index (χ4n) is 2.42. The molecule has 21 heavy (non-hydrogen) atoms. The number of hydrogen-bond donors (Lipinski definition) is 1. The topological polar surface area (TPSA) is 47.7 Å². The lowest BCUT2D eigenvalue weighted by Crippen LogP contribution is -2.30. The van der Waals surface area contributed by atoms with Crippen LogP contribution in [0.3, 0.4) is 0 Å². The van der Waals surface area contributed by atoms with E-state index in [4.69, 9.17) is 15.2 Å². The molecule has 1 atom stereocenters. The molecule has 0 bridgehead atoms. The van der Waals surface area contributed by atoms with Crippen molar-refractivity contribution in [2.75, 3.05) is 33.9 Å². The maximum absolute atomic E-state index is 5.99. The normalized spacial score (nSPS) is 13.0. The number of nitrogens with zero attached hydrogens (tertiary/aromatic N) is 1. The van der Waals surface area contributed by atoms with E-state index >= 15 is 0 Å². The second-order valence-corrected chi connectivity index (χ2v) is 5.98. The van der Waals surface area contributed by atoms with Gasteiger partial charge in [-0.2, -0.15) is 0 Å². The summed E-state index contributed by atoms with van der Waals surface area (Å²) >= 11 is 0. The first-order valence-corrected chi connectivity index (χ1v) is 7.61. The first-order valence-electron chi connectivity index (χ1n) is 7.61. The lowest BCUT2D eigenvalue weighted by molar-refractivity contribution is 0.135. The molecule has 1 aromatic carbocycles. The fourth-order valence-corrected chi connectivity index (χ4v) is 2.42. The van der Waals surface area contributed by atoms with E-state index in [-0.39, 0.29) is 6.04 Å². The first kappa shape index (κ1) is 18.0. The number of methoxy groups -OCH3 is 2. The smallest absolute Gasteiger partial charge is 0.123 e. The number of ether oxygens (including phenoxy) is 2. The van der Waals surface area contributed by atoms with Crippen LogP contribution < -0.4 is 10.5 Å². The molecule has 0 aliphatic rings. The standard InChI is InChI=1S/C17H30N2O2/c1-13(2)11-19(8-9-20-4)12-16-10-15(14(3)18)6-7-17(16)21-5/h6-7,10,13-14H,8-9,11-12,18H2,1-5H3. The third kappa shape index (κ3) is 6.04. The van der Waals surface area contributed by atoms with Crippen LogP contribution in [0.5, 0.6) is 5.75 Å². The van der Waals surface area contributed by atoms with E-state index in [1.165, 1.54) is 5.56 Å². The maximum atomic E-state index is 5.99. The van der Waals surface area contributed by atoms with E-state index in [0.717, 1.165) is 37.6 Å². The van der Waals surface area contributed by atoms with E-state index in [2.05, 4.69) is 24.8 Å². The van der Waals surface area contributed by atoms with Gasteiger partial charge in [0.15, 0.2) is 0 Å². The lowest BCUT2D eigenvalue weighted by atomic mass is 10.0. The average Bonchev–Trinajstić information content (AvgIpc) is 2.44. The Morgan fingerprint density at radius 3 is 2.43 bits per heavy atom. The summed E-state index contributed by atoms with van der Waals surface area (Å²) in [6.07, 6.45) is 0. The Bertz CT molecular complexity index is 419. The van der Waals surface area contributed by atoms with Gasteiger partial charge >= 0.3 is 0 Å². The Labute approximate surface area is 129 Å². The van der Waals surface area contributed by atoms with Crippen LogP contribution in [0, 0.1) is 5.92 Å². The Hall–Kier alpha value is -1.10. The molecule has 0 saturated heterocycles. The van der Waals surface area contributed by atoms with Crippen LogP contribution in [-0.4, -0.2) is 38.8 Å². The SMILES string of the molecule is COCCN(Cc1cc(C(C)N)ccc1OC)CC(C)C. The fraction of sp³-hybridized carbons (Fsp3) is 0.647. The van der Waals surface area contributed by atoms with Crippen LogP contribution in [0.15, 0.2) is 18.2 Å². The van der Waals surface area contributed by atoms with Crippen molar-refractivity contribution < 1.29 is 9.47 Å². The Morgan fingerprint density at radius 2 is 1.90 bits per heavy atom. The minimum atomic E-state index is 0.0344. The van der Waals surface area contributed by atoms with Crippen LogP contribution in [0.1, 0.15) is 37.9 Å². The third-order valence-electron chi connectivity index (χ3n) is 3.46. The summed E-state index contributed by atoms with van der Waals surface area (Å²) in [6.45, 7) is 10.0. The van der Waals surface area contributed by atoms with Gasteiger partial charge in [0.05, 0.1) is 13.7 Å². The van der Waals surface area contributed by atoms with Crippen molar-refractivity contribution >= 4 is 0 Å². The molecular weight excluding hydrogens is 264 g/mol. The van der Waals surface area contributed by atoms with Crippen LogP contribution in [0.2, 0.25) is 0 Å². The summed E-state index contributed by atoms with van der Waals surface area (Å²) in [5.41, 5.74) is 8.32. The molecule has 0 aliphatic heterocycles. The van der Waals surface area contributed by atoms with Crippen molar-refractivity contribution in [3.8, 4) is 5.75 Å². The number of benzene rings is 1. The molecule has 4 heteroatoms. The summed E-state index contributed by atoms with van der Waals surface area (Å²) in [4.78, 5) is 2.40. The molecule has 1 rings (SSSR count). The molecule has 0 heterocycles. The zero-order valence-electron chi connectivity index (χ0n) is 14.1. The van der Waals surface area contributed by atoms with Crippen LogP contribution in [0.4, 0.5) is 0 Å². The predicted octanol–water partition coefficient (Wildman–Crippen LogP) is 2.82. The van der Waals surface area contributed by atoms with Crippen molar-refractivity contribution in [2.24, 2.45) is 11.7 Å². The quantitative estimate of drug-likeness (QED) is 0.761. The van der Waals surface area contributed by atoms with E-state index in [9.17, 15) is 0 Å². The second kappa shape index (κ2) is 9.03. The monoisotopic (exact) mass is 294 g/mol. The van der Waals surface area contributed by atoms with Crippen molar-refractivity contribution in [1.29, 1.82) is 0 Å². The maximum Gasteiger partial charge on any atom is 0.123 e. The van der Waals surface area contributed by atoms with Gasteiger partial charge in [0.1, 0.15) is 5.75 Å². The number of hydrogen-bond acceptors (Lipinski definition) is 4. The lowest BCUT2D eigenvalue weighted by Gasteiger charge is -2.25. The molecule has 2 N–H and O–H groups in total. The predicted molar refractivity (Wildman–Crippen MR) is 87.6 cm³/mol. The molecule has 0 spiro atoms. The van der Waals surface area contributed by atoms with Gasteiger partial charge in [-0.05, 0) is 30.5 Å². The van der Waals surface area contributed by atoms with Crippen molar-refractivity contribution in [3.63, 3.8) is 0 Å². The highest BCUT2D eigenvalue weighted by Crippen LogP contribution is 2.24. The average molecular weight is 294 g/mol. The van der Waals surface area contributed by atoms with Crippen LogP contribution in [0.25, 0.3) is 0 Å². The third-order valence-corrected chi connectivity index (χ3v) is 3.46. The zero-order chi connectivity index (χ0) is 15.8. The van der Waals surface area contributed by atoms with Gasteiger partial charge in [-0.25, -0.2) is 0 Å². The van der Waals surface area contributed by atoms with Crippen molar-refractivity contribution in [2.45, 2.75) is 33.4 Å². The summed E-state index contributed by atoms with van der Waals surface area (Å²) in [5, 5.41) is 0. The first-order chi connectivity index (χ1) is 9.97. The van der Waals surface area contributed by atoms with Crippen LogP contribution in [-0.2, 0) is 11.3 Å². The summed E-state index contributed by atoms with van der Waals surface area (Å²) < 4.78 is 10.7. The molecule has 0 radical (unpaired) electrons. The molecule has 4 nitrogen and oxygen atoms in total. The van der Waals surface area contributed by atoms with Crippen LogP contribution >= 0.6 is 0 Å². The van der Waals surface area contributed by atoms with Crippen molar-refractivity contribution in [3.05, 3.63) is 29.3 Å². The molecule has 0 fully saturated rings. The van der Waals surface area contributed by atoms with E-state index in [1.54, 1.807) is 14.2 Å². The number of rotatable bonds is 9. The van der Waals surface area contributed by atoms with Gasteiger partial charge in [-0.3, -0.25) is 4.90 Å². The highest BCUT2D eigenvalue weighted by atomic mass is 16.5. The molecule has 1 aromatic rings. The van der Waals surface area contributed by atoms with Gasteiger partial charge in [0.25, 0.3) is 0 Å². The molecule has 0 aliphatic carbocycles. The summed E-state index contributed by atoms with van der Waals surface area (Å²) in [5.74, 6) is 1.54. The Morgan fingerprint density at radius 1 is 1.19 bits per heavy atom. The second-order valence-electron chi connectivity index (χ2n) is 5.98. The summed E-state index contributed by atoms with van der Waals surface area (Å²) in [6, 6.07) is 6.24.